The van der Waals surface area contributed by atoms with Gasteiger partial charge in [0.25, 0.3) is 0 Å². The van der Waals surface area contributed by atoms with E-state index in [1.807, 2.05) is 0 Å². The zero-order chi connectivity index (χ0) is 18.2. The monoisotopic (exact) mass is 480 g/mol. The van der Waals surface area contributed by atoms with Gasteiger partial charge in [-0.1, -0.05) is 6.07 Å². The molecule has 146 valence electrons. The fraction of sp³-hybridized carbons (Fsp3) is 0.529. The first-order valence-corrected chi connectivity index (χ1v) is 8.34. The minimum Gasteiger partial charge on any atom is -0.494 e. The number of nitrogens with two attached hydrogens (primary N) is 1. The van der Waals surface area contributed by atoms with Crippen LogP contribution in [0.5, 0.6) is 5.75 Å². The van der Waals surface area contributed by atoms with E-state index in [4.69, 9.17) is 15.2 Å². The topological polar surface area (TPSA) is 89.2 Å². The lowest BCUT2D eigenvalue weighted by atomic mass is 10.1. The predicted molar refractivity (Wildman–Crippen MR) is 108 cm³/mol. The Balaban J connectivity index is 0.00000338. The van der Waals surface area contributed by atoms with E-state index < -0.39 is 5.82 Å². The van der Waals surface area contributed by atoms with Crippen LogP contribution in [0.25, 0.3) is 0 Å². The van der Waals surface area contributed by atoms with Crippen LogP contribution >= 0.6 is 24.0 Å². The van der Waals surface area contributed by atoms with Crippen molar-refractivity contribution in [3.05, 3.63) is 29.6 Å². The predicted octanol–water partition coefficient (Wildman–Crippen LogP) is 2.48. The van der Waals surface area contributed by atoms with Crippen LogP contribution in [0.3, 0.4) is 0 Å². The molecule has 1 fully saturated rings. The third-order valence-corrected chi connectivity index (χ3v) is 4.02. The molecule has 0 aliphatic carbocycles. The molecule has 9 heteroatoms. The van der Waals surface area contributed by atoms with E-state index in [0.717, 1.165) is 12.8 Å². The van der Waals surface area contributed by atoms with Gasteiger partial charge in [0, 0.05) is 19.1 Å². The Morgan fingerprint density at radius 2 is 2.12 bits per heavy atom. The van der Waals surface area contributed by atoms with Crippen LogP contribution in [0.15, 0.2) is 23.2 Å². The number of rotatable bonds is 5. The number of hydrogen-bond donors (Lipinski definition) is 2. The van der Waals surface area contributed by atoms with Gasteiger partial charge in [0.2, 0.25) is 0 Å². The molecule has 1 heterocycles. The minimum absolute atomic E-state index is 0. The van der Waals surface area contributed by atoms with Gasteiger partial charge in [-0.25, -0.2) is 14.2 Å². The Morgan fingerprint density at radius 1 is 1.42 bits per heavy atom. The summed E-state index contributed by atoms with van der Waals surface area (Å²) in [4.78, 5) is 17.6. The second-order valence-electron chi connectivity index (χ2n) is 5.77. The zero-order valence-electron chi connectivity index (χ0n) is 15.0. The van der Waals surface area contributed by atoms with E-state index in [2.05, 4.69) is 10.3 Å². The number of nitrogens with zero attached hydrogens (tertiary/aromatic N) is 2. The summed E-state index contributed by atoms with van der Waals surface area (Å²) >= 11 is 0. The highest BCUT2D eigenvalue weighted by atomic mass is 127. The van der Waals surface area contributed by atoms with Gasteiger partial charge in [-0.05, 0) is 37.5 Å². The third kappa shape index (κ3) is 6.50. The van der Waals surface area contributed by atoms with E-state index in [1.54, 1.807) is 24.0 Å². The Hall–Kier alpha value is -1.78. The van der Waals surface area contributed by atoms with Gasteiger partial charge in [0.1, 0.15) is 0 Å². The number of aliphatic imine (C=N–C) groups is 1. The molecule has 1 aliphatic rings. The maximum Gasteiger partial charge on any atom is 0.409 e. The van der Waals surface area contributed by atoms with E-state index in [1.165, 1.54) is 13.2 Å². The second-order valence-corrected chi connectivity index (χ2v) is 5.77. The number of nitrogens with one attached hydrogen (secondary N) is 1. The SMILES string of the molecule is CCOC(=O)N1CCC(NC(N)=NCc2ccc(OC)c(F)c2)CC1.I. The quantitative estimate of drug-likeness (QED) is 0.384. The number of ether oxygens (including phenoxy) is 2. The zero-order valence-corrected chi connectivity index (χ0v) is 17.4. The lowest BCUT2D eigenvalue weighted by Crippen LogP contribution is -2.48. The van der Waals surface area contributed by atoms with Gasteiger partial charge >= 0.3 is 6.09 Å². The highest BCUT2D eigenvalue weighted by Crippen LogP contribution is 2.18. The maximum absolute atomic E-state index is 13.6. The molecule has 7 nitrogen and oxygen atoms in total. The summed E-state index contributed by atoms with van der Waals surface area (Å²) in [6, 6.07) is 4.85. The van der Waals surface area contributed by atoms with Crippen molar-refractivity contribution in [1.29, 1.82) is 0 Å². The summed E-state index contributed by atoms with van der Waals surface area (Å²) in [5, 5.41) is 3.15. The average Bonchev–Trinajstić information content (AvgIpc) is 2.61. The van der Waals surface area contributed by atoms with Crippen LogP contribution in [-0.4, -0.2) is 49.8 Å². The van der Waals surface area contributed by atoms with Gasteiger partial charge in [-0.3, -0.25) is 0 Å². The highest BCUT2D eigenvalue weighted by molar-refractivity contribution is 14.0. The van der Waals surface area contributed by atoms with Crippen LogP contribution in [0.4, 0.5) is 9.18 Å². The molecule has 1 amide bonds. The molecule has 0 atom stereocenters. The number of likely N-dealkylation sites (tertiary alicyclic amines) is 1. The Bertz CT molecular complexity index is 622. The van der Waals surface area contributed by atoms with Gasteiger partial charge < -0.3 is 25.4 Å². The summed E-state index contributed by atoms with van der Waals surface area (Å²) in [5.41, 5.74) is 6.61. The number of guanidine groups is 1. The molecule has 0 radical (unpaired) electrons. The second kappa shape index (κ2) is 11.0. The van der Waals surface area contributed by atoms with E-state index in [-0.39, 0.29) is 48.4 Å². The fourth-order valence-electron chi connectivity index (χ4n) is 2.66. The van der Waals surface area contributed by atoms with Crippen LogP contribution in [0.2, 0.25) is 0 Å². The molecule has 1 aliphatic heterocycles. The van der Waals surface area contributed by atoms with Crippen molar-refractivity contribution in [2.45, 2.75) is 32.4 Å². The van der Waals surface area contributed by atoms with E-state index >= 15 is 0 Å². The molecule has 0 bridgehead atoms. The fourth-order valence-corrected chi connectivity index (χ4v) is 2.66. The van der Waals surface area contributed by atoms with Crippen molar-refractivity contribution >= 4 is 36.0 Å². The maximum atomic E-state index is 13.6. The highest BCUT2D eigenvalue weighted by Gasteiger charge is 2.23. The van der Waals surface area contributed by atoms with Crippen molar-refractivity contribution in [2.75, 3.05) is 26.8 Å². The Labute approximate surface area is 170 Å². The molecule has 26 heavy (non-hydrogen) atoms. The van der Waals surface area contributed by atoms with Gasteiger partial charge in [-0.15, -0.1) is 24.0 Å². The van der Waals surface area contributed by atoms with E-state index in [9.17, 15) is 9.18 Å². The molecule has 1 aromatic rings. The normalized spacial score (nSPS) is 15.2. The molecule has 0 saturated carbocycles. The molecule has 1 saturated heterocycles. The summed E-state index contributed by atoms with van der Waals surface area (Å²) in [5.74, 6) is 0.0889. The summed E-state index contributed by atoms with van der Waals surface area (Å²) in [6.45, 7) is 3.68. The third-order valence-electron chi connectivity index (χ3n) is 4.02. The Morgan fingerprint density at radius 3 is 2.69 bits per heavy atom. The number of benzene rings is 1. The number of amides is 1. The number of carbonyl (C=O) groups excluding carboxylic acids is 1. The van der Waals surface area contributed by atoms with Crippen molar-refractivity contribution in [2.24, 2.45) is 10.7 Å². The summed E-state index contributed by atoms with van der Waals surface area (Å²) in [7, 11) is 1.42. The lowest BCUT2D eigenvalue weighted by molar-refractivity contribution is 0.0963. The van der Waals surface area contributed by atoms with Gasteiger partial charge in [0.05, 0.1) is 20.3 Å². The van der Waals surface area contributed by atoms with Crippen LogP contribution < -0.4 is 15.8 Å². The molecule has 0 spiro atoms. The number of carbonyl (C=O) groups is 1. The van der Waals surface area contributed by atoms with Crippen molar-refractivity contribution in [3.63, 3.8) is 0 Å². The molecular weight excluding hydrogens is 454 g/mol. The smallest absolute Gasteiger partial charge is 0.409 e. The van der Waals surface area contributed by atoms with Crippen molar-refractivity contribution in [1.82, 2.24) is 10.2 Å². The Kier molecular flexibility index (Phi) is 9.46. The van der Waals surface area contributed by atoms with Crippen LogP contribution in [-0.2, 0) is 11.3 Å². The first-order chi connectivity index (χ1) is 12.0. The first-order valence-electron chi connectivity index (χ1n) is 8.34. The molecule has 1 aromatic carbocycles. The molecule has 0 unspecified atom stereocenters. The largest absolute Gasteiger partial charge is 0.494 e. The number of halogens is 2. The molecular formula is C17H26FIN4O3. The summed E-state index contributed by atoms with van der Waals surface area (Å²) < 4.78 is 23.5. The van der Waals surface area contributed by atoms with Crippen LogP contribution in [0.1, 0.15) is 25.3 Å². The molecule has 2 rings (SSSR count). The average molecular weight is 480 g/mol. The van der Waals surface area contributed by atoms with Crippen molar-refractivity contribution in [3.8, 4) is 5.75 Å². The van der Waals surface area contributed by atoms with Gasteiger partial charge in [-0.2, -0.15) is 0 Å². The molecule has 0 aromatic heterocycles. The number of methoxy groups -OCH3 is 1. The first kappa shape index (κ1) is 22.3. The lowest BCUT2D eigenvalue weighted by Gasteiger charge is -2.31. The molecule has 3 N–H and O–H groups in total. The standard InChI is InChI=1S/C17H25FN4O3.HI/c1-3-25-17(23)22-8-6-13(7-9-22)21-16(19)20-11-12-4-5-15(24-2)14(18)10-12;/h4-5,10,13H,3,6-9,11H2,1-2H3,(H3,19,20,21);1H. The van der Waals surface area contributed by atoms with Crippen LogP contribution in [0, 0.1) is 5.82 Å². The number of hydrogen-bond acceptors (Lipinski definition) is 4. The summed E-state index contributed by atoms with van der Waals surface area (Å²) in [6.07, 6.45) is 1.27. The minimum atomic E-state index is -0.423. The van der Waals surface area contributed by atoms with Gasteiger partial charge in [0.15, 0.2) is 17.5 Å². The van der Waals surface area contributed by atoms with Crippen molar-refractivity contribution < 1.29 is 18.7 Å². The number of piperidine rings is 1. The van der Waals surface area contributed by atoms with E-state index in [0.29, 0.717) is 31.2 Å².